The van der Waals surface area contributed by atoms with Crippen LogP contribution in [0.1, 0.15) is 0 Å². The quantitative estimate of drug-likeness (QED) is 0.211. The van der Waals surface area contributed by atoms with E-state index < -0.39 is 0 Å². The minimum atomic E-state index is 0.579. The van der Waals surface area contributed by atoms with E-state index in [1.807, 2.05) is 109 Å². The van der Waals surface area contributed by atoms with Crippen LogP contribution in [-0.2, 0) is 0 Å². The number of rotatable bonds is 4. The maximum atomic E-state index is 6.36. The lowest BCUT2D eigenvalue weighted by atomic mass is 10.0. The van der Waals surface area contributed by atoms with Gasteiger partial charge >= 0.3 is 0 Å². The van der Waals surface area contributed by atoms with Crippen molar-refractivity contribution in [1.29, 1.82) is 0 Å². The molecule has 0 aliphatic heterocycles. The summed E-state index contributed by atoms with van der Waals surface area (Å²) in [5.41, 5.74) is 6.70. The number of hydrogen-bond acceptors (Lipinski definition) is 6. The van der Waals surface area contributed by atoms with Gasteiger partial charge in [-0.15, -0.1) is 0 Å². The third-order valence-electron chi connectivity index (χ3n) is 7.95. The van der Waals surface area contributed by atoms with E-state index in [9.17, 15) is 0 Å². The van der Waals surface area contributed by atoms with Gasteiger partial charge in [0.25, 0.3) is 0 Å². The Labute approximate surface area is 251 Å². The molecule has 9 rings (SSSR count). The second-order valence-corrected chi connectivity index (χ2v) is 10.7. The maximum Gasteiger partial charge on any atom is 0.227 e. The third-order valence-corrected chi connectivity index (χ3v) is 7.95. The van der Waals surface area contributed by atoms with Gasteiger partial charge in [0.1, 0.15) is 16.7 Å². The molecule has 0 fully saturated rings. The molecular formula is C38H22N4O2. The van der Waals surface area contributed by atoms with Gasteiger partial charge in [0.05, 0.1) is 5.39 Å². The molecule has 0 bridgehead atoms. The lowest BCUT2D eigenvalue weighted by Gasteiger charge is -2.09. The van der Waals surface area contributed by atoms with Crippen molar-refractivity contribution in [3.63, 3.8) is 0 Å². The first-order valence-electron chi connectivity index (χ1n) is 14.4. The van der Waals surface area contributed by atoms with E-state index in [1.54, 1.807) is 0 Å². The highest BCUT2D eigenvalue weighted by atomic mass is 16.4. The van der Waals surface area contributed by atoms with Gasteiger partial charge < -0.3 is 8.83 Å². The Morgan fingerprint density at radius 2 is 0.909 bits per heavy atom. The van der Waals surface area contributed by atoms with Crippen molar-refractivity contribution in [3.8, 4) is 45.6 Å². The SMILES string of the molecule is c1ccc(-c2nc(-c3ccccc3)nc(-c3ccc4ccc5oc6ccc7oc(-c8ccccc8)nc7c6c5c4c3)n2)cc1. The van der Waals surface area contributed by atoms with Crippen molar-refractivity contribution in [1.82, 2.24) is 19.9 Å². The summed E-state index contributed by atoms with van der Waals surface area (Å²) in [7, 11) is 0. The number of hydrogen-bond donors (Lipinski definition) is 0. The maximum absolute atomic E-state index is 6.36. The number of aromatic nitrogens is 4. The number of oxazole rings is 1. The van der Waals surface area contributed by atoms with E-state index in [0.717, 1.165) is 60.5 Å². The fourth-order valence-corrected chi connectivity index (χ4v) is 5.84. The normalized spacial score (nSPS) is 11.6. The molecule has 3 heterocycles. The second-order valence-electron chi connectivity index (χ2n) is 10.7. The molecular weight excluding hydrogens is 544 g/mol. The predicted molar refractivity (Wildman–Crippen MR) is 174 cm³/mol. The highest BCUT2D eigenvalue weighted by Gasteiger charge is 2.19. The van der Waals surface area contributed by atoms with Gasteiger partial charge in [-0.1, -0.05) is 97.1 Å². The van der Waals surface area contributed by atoms with Crippen molar-refractivity contribution in [2.45, 2.75) is 0 Å². The number of furan rings is 1. The largest absolute Gasteiger partial charge is 0.456 e. The standard InChI is InChI=1S/C38H22N4O2/c1-4-10-24(11-5-1)35-40-36(25-12-6-2-7-13-25)42-37(41-35)27-17-16-23-18-19-29-32(28(23)22-27)33-30(43-29)20-21-31-34(33)39-38(44-31)26-14-8-3-9-15-26/h1-22H. The minimum absolute atomic E-state index is 0.579. The molecule has 9 aromatic rings. The Hall–Kier alpha value is -6.14. The van der Waals surface area contributed by atoms with Crippen LogP contribution < -0.4 is 0 Å². The van der Waals surface area contributed by atoms with Crippen LogP contribution in [0.3, 0.4) is 0 Å². The monoisotopic (exact) mass is 566 g/mol. The van der Waals surface area contributed by atoms with Crippen LogP contribution in [0.15, 0.2) is 142 Å². The first-order chi connectivity index (χ1) is 21.8. The highest BCUT2D eigenvalue weighted by Crippen LogP contribution is 2.40. The Kier molecular flexibility index (Phi) is 5.40. The van der Waals surface area contributed by atoms with Crippen LogP contribution in [0.2, 0.25) is 0 Å². The van der Waals surface area contributed by atoms with E-state index in [4.69, 9.17) is 28.8 Å². The van der Waals surface area contributed by atoms with Gasteiger partial charge in [0.2, 0.25) is 5.89 Å². The molecule has 0 spiro atoms. The van der Waals surface area contributed by atoms with Gasteiger partial charge in [-0.25, -0.2) is 19.9 Å². The first kappa shape index (κ1) is 24.5. The molecule has 0 saturated heterocycles. The van der Waals surface area contributed by atoms with Gasteiger partial charge in [0.15, 0.2) is 23.1 Å². The van der Waals surface area contributed by atoms with Gasteiger partial charge in [-0.3, -0.25) is 0 Å². The zero-order chi connectivity index (χ0) is 29.0. The fraction of sp³-hybridized carbons (Fsp3) is 0. The zero-order valence-electron chi connectivity index (χ0n) is 23.3. The fourth-order valence-electron chi connectivity index (χ4n) is 5.84. The summed E-state index contributed by atoms with van der Waals surface area (Å²) in [5.74, 6) is 2.43. The van der Waals surface area contributed by atoms with E-state index in [2.05, 4.69) is 24.3 Å². The van der Waals surface area contributed by atoms with E-state index >= 15 is 0 Å². The van der Waals surface area contributed by atoms with Crippen molar-refractivity contribution < 1.29 is 8.83 Å². The van der Waals surface area contributed by atoms with Crippen molar-refractivity contribution in [2.24, 2.45) is 0 Å². The Balaban J connectivity index is 1.29. The molecule has 0 aliphatic carbocycles. The van der Waals surface area contributed by atoms with Crippen molar-refractivity contribution >= 4 is 43.8 Å². The van der Waals surface area contributed by atoms with Crippen LogP contribution in [-0.4, -0.2) is 19.9 Å². The van der Waals surface area contributed by atoms with E-state index in [1.165, 1.54) is 0 Å². The van der Waals surface area contributed by atoms with Gasteiger partial charge in [-0.2, -0.15) is 0 Å². The lowest BCUT2D eigenvalue weighted by Crippen LogP contribution is -2.00. The summed E-state index contributed by atoms with van der Waals surface area (Å²) in [6.07, 6.45) is 0. The summed E-state index contributed by atoms with van der Waals surface area (Å²) in [4.78, 5) is 19.7. The van der Waals surface area contributed by atoms with Crippen LogP contribution >= 0.6 is 0 Å². The Morgan fingerprint density at radius 1 is 0.386 bits per heavy atom. The molecule has 3 aromatic heterocycles. The molecule has 0 aliphatic rings. The zero-order valence-corrected chi connectivity index (χ0v) is 23.3. The summed E-state index contributed by atoms with van der Waals surface area (Å²) in [6.45, 7) is 0. The molecule has 0 N–H and O–H groups in total. The Bertz CT molecular complexity index is 2430. The topological polar surface area (TPSA) is 77.8 Å². The second kappa shape index (κ2) is 9.71. The molecule has 206 valence electrons. The van der Waals surface area contributed by atoms with Gasteiger partial charge in [-0.05, 0) is 47.2 Å². The minimum Gasteiger partial charge on any atom is -0.456 e. The predicted octanol–water partition coefficient (Wildman–Crippen LogP) is 9.73. The van der Waals surface area contributed by atoms with E-state index in [-0.39, 0.29) is 0 Å². The molecule has 6 nitrogen and oxygen atoms in total. The number of benzene rings is 6. The summed E-state index contributed by atoms with van der Waals surface area (Å²) < 4.78 is 12.6. The average Bonchev–Trinajstić information content (AvgIpc) is 3.71. The van der Waals surface area contributed by atoms with Crippen LogP contribution in [0.25, 0.3) is 89.4 Å². The Morgan fingerprint density at radius 3 is 1.57 bits per heavy atom. The summed E-state index contributed by atoms with van der Waals surface area (Å²) in [6, 6.07) is 44.2. The molecule has 0 radical (unpaired) electrons. The van der Waals surface area contributed by atoms with Gasteiger partial charge in [0, 0.05) is 27.6 Å². The molecule has 0 atom stereocenters. The van der Waals surface area contributed by atoms with E-state index in [0.29, 0.717) is 28.9 Å². The number of nitrogens with zero attached hydrogens (tertiary/aromatic N) is 4. The van der Waals surface area contributed by atoms with Crippen molar-refractivity contribution in [3.05, 3.63) is 133 Å². The first-order valence-corrected chi connectivity index (χ1v) is 14.4. The molecule has 0 unspecified atom stereocenters. The molecule has 44 heavy (non-hydrogen) atoms. The summed E-state index contributed by atoms with van der Waals surface area (Å²) in [5, 5.41) is 4.02. The molecule has 6 aromatic carbocycles. The lowest BCUT2D eigenvalue weighted by molar-refractivity contribution is 0.619. The van der Waals surface area contributed by atoms with Crippen LogP contribution in [0, 0.1) is 0 Å². The van der Waals surface area contributed by atoms with Crippen LogP contribution in [0.5, 0.6) is 0 Å². The highest BCUT2D eigenvalue weighted by molar-refractivity contribution is 6.25. The average molecular weight is 567 g/mol. The molecule has 0 saturated carbocycles. The smallest absolute Gasteiger partial charge is 0.227 e. The summed E-state index contributed by atoms with van der Waals surface area (Å²) >= 11 is 0. The number of fused-ring (bicyclic) bond motifs is 7. The third kappa shape index (κ3) is 3.96. The van der Waals surface area contributed by atoms with Crippen LogP contribution in [0.4, 0.5) is 0 Å². The molecule has 0 amide bonds. The van der Waals surface area contributed by atoms with Crippen molar-refractivity contribution in [2.75, 3.05) is 0 Å². The molecule has 6 heteroatoms.